The molecule has 0 radical (unpaired) electrons. The highest BCUT2D eigenvalue weighted by Crippen LogP contribution is 2.27. The molecule has 21 heavy (non-hydrogen) atoms. The summed E-state index contributed by atoms with van der Waals surface area (Å²) in [6.07, 6.45) is 6.95. The Hall–Kier alpha value is -1.65. The number of amides is 1. The van der Waals surface area contributed by atoms with Crippen LogP contribution in [0.1, 0.15) is 19.3 Å². The number of carbonyl (C=O) groups is 1. The molecule has 1 aliphatic carbocycles. The number of benzene rings is 1. The minimum atomic E-state index is 0.0311. The Kier molecular flexibility index (Phi) is 4.36. The second kappa shape index (κ2) is 6.41. The summed E-state index contributed by atoms with van der Waals surface area (Å²) in [5.74, 6) is 0.407. The minimum absolute atomic E-state index is 0.0311. The maximum absolute atomic E-state index is 12.0. The van der Waals surface area contributed by atoms with Gasteiger partial charge in [-0.3, -0.25) is 4.79 Å². The number of hydrogen-bond acceptors (Lipinski definition) is 3. The van der Waals surface area contributed by atoms with E-state index in [1.54, 1.807) is 0 Å². The highest BCUT2D eigenvalue weighted by Gasteiger charge is 2.15. The van der Waals surface area contributed by atoms with E-state index in [1.807, 2.05) is 29.6 Å². The van der Waals surface area contributed by atoms with Crippen LogP contribution in [0, 0.1) is 5.92 Å². The van der Waals surface area contributed by atoms with Gasteiger partial charge >= 0.3 is 0 Å². The van der Waals surface area contributed by atoms with Gasteiger partial charge in [-0.15, -0.1) is 11.3 Å². The number of thiazole rings is 1. The first kappa shape index (κ1) is 14.3. The summed E-state index contributed by atoms with van der Waals surface area (Å²) < 4.78 is 0. The van der Waals surface area contributed by atoms with Crippen LogP contribution in [0.2, 0.25) is 5.02 Å². The Morgan fingerprint density at radius 3 is 2.90 bits per heavy atom. The van der Waals surface area contributed by atoms with Crippen LogP contribution in [0.4, 0.5) is 5.13 Å². The number of nitrogens with zero attached hydrogens (tertiary/aromatic N) is 1. The third-order valence-electron chi connectivity index (χ3n) is 3.45. The molecule has 0 fully saturated rings. The number of rotatable bonds is 4. The lowest BCUT2D eigenvalue weighted by atomic mass is 10.1. The standard InChI is InChI=1S/C16H15ClN2OS/c17-13-7-5-12(6-8-13)14-10-21-16(18-14)19-15(20)9-11-3-1-2-4-11/h1,3,5-8,10-11H,2,4,9H2,(H,18,19,20). The van der Waals surface area contributed by atoms with Crippen LogP contribution in [0.3, 0.4) is 0 Å². The molecule has 3 nitrogen and oxygen atoms in total. The zero-order valence-corrected chi connectivity index (χ0v) is 13.0. The van der Waals surface area contributed by atoms with Gasteiger partial charge in [0.25, 0.3) is 0 Å². The molecule has 0 saturated carbocycles. The molecule has 1 amide bonds. The molecule has 1 aliphatic rings. The van der Waals surface area contributed by atoms with Crippen molar-refractivity contribution in [1.29, 1.82) is 0 Å². The SMILES string of the molecule is O=C(CC1C=CCC1)Nc1nc(-c2ccc(Cl)cc2)cs1. The number of anilines is 1. The molecule has 1 heterocycles. The van der Waals surface area contributed by atoms with E-state index in [1.165, 1.54) is 11.3 Å². The minimum Gasteiger partial charge on any atom is -0.302 e. The van der Waals surface area contributed by atoms with Crippen molar-refractivity contribution in [2.24, 2.45) is 5.92 Å². The topological polar surface area (TPSA) is 42.0 Å². The van der Waals surface area contributed by atoms with Gasteiger partial charge in [0.05, 0.1) is 5.69 Å². The first-order chi connectivity index (χ1) is 10.2. The van der Waals surface area contributed by atoms with Crippen LogP contribution in [0.5, 0.6) is 0 Å². The second-order valence-electron chi connectivity index (χ2n) is 5.06. The van der Waals surface area contributed by atoms with E-state index in [-0.39, 0.29) is 5.91 Å². The Morgan fingerprint density at radius 2 is 2.19 bits per heavy atom. The van der Waals surface area contributed by atoms with Gasteiger partial charge in [0.2, 0.25) is 5.91 Å². The van der Waals surface area contributed by atoms with E-state index in [0.29, 0.717) is 22.5 Å². The molecule has 108 valence electrons. The van der Waals surface area contributed by atoms with E-state index in [2.05, 4.69) is 22.5 Å². The van der Waals surface area contributed by atoms with Gasteiger partial charge in [-0.2, -0.15) is 0 Å². The first-order valence-corrected chi connectivity index (χ1v) is 8.14. The average molecular weight is 319 g/mol. The van der Waals surface area contributed by atoms with Crippen LogP contribution >= 0.6 is 22.9 Å². The molecule has 0 saturated heterocycles. The average Bonchev–Trinajstić information content (AvgIpc) is 3.11. The molecule has 1 aromatic heterocycles. The Bertz CT molecular complexity index is 663. The summed E-state index contributed by atoms with van der Waals surface area (Å²) in [5, 5.41) is 6.16. The van der Waals surface area contributed by atoms with Gasteiger partial charge in [-0.05, 0) is 30.9 Å². The normalized spacial score (nSPS) is 17.1. The first-order valence-electron chi connectivity index (χ1n) is 6.89. The van der Waals surface area contributed by atoms with Crippen LogP contribution in [-0.2, 0) is 4.79 Å². The van der Waals surface area contributed by atoms with Crippen molar-refractivity contribution in [3.8, 4) is 11.3 Å². The Morgan fingerprint density at radius 1 is 1.38 bits per heavy atom. The van der Waals surface area contributed by atoms with Crippen LogP contribution < -0.4 is 5.32 Å². The molecule has 0 bridgehead atoms. The van der Waals surface area contributed by atoms with Crippen molar-refractivity contribution in [3.05, 3.63) is 46.8 Å². The summed E-state index contributed by atoms with van der Waals surface area (Å²) in [5.41, 5.74) is 1.85. The quantitative estimate of drug-likeness (QED) is 0.826. The Labute approximate surface area is 132 Å². The number of carbonyl (C=O) groups excluding carboxylic acids is 1. The van der Waals surface area contributed by atoms with E-state index in [9.17, 15) is 4.79 Å². The van der Waals surface area contributed by atoms with Crippen molar-refractivity contribution >= 4 is 34.0 Å². The molecule has 1 atom stereocenters. The number of aromatic nitrogens is 1. The Balaban J connectivity index is 1.63. The van der Waals surface area contributed by atoms with Crippen LogP contribution in [0.15, 0.2) is 41.8 Å². The maximum Gasteiger partial charge on any atom is 0.226 e. The molecule has 0 aliphatic heterocycles. The molecular formula is C16H15ClN2OS. The summed E-state index contributed by atoms with van der Waals surface area (Å²) in [6.45, 7) is 0. The molecular weight excluding hydrogens is 304 g/mol. The van der Waals surface area contributed by atoms with Gasteiger partial charge in [-0.1, -0.05) is 35.9 Å². The fraction of sp³-hybridized carbons (Fsp3) is 0.250. The predicted octanol–water partition coefficient (Wildman–Crippen LogP) is 4.76. The highest BCUT2D eigenvalue weighted by molar-refractivity contribution is 7.14. The van der Waals surface area contributed by atoms with Crippen molar-refractivity contribution in [2.75, 3.05) is 5.32 Å². The van der Waals surface area contributed by atoms with Crippen molar-refractivity contribution < 1.29 is 4.79 Å². The molecule has 3 rings (SSSR count). The number of allylic oxidation sites excluding steroid dienone is 2. The number of nitrogens with one attached hydrogen (secondary N) is 1. The lowest BCUT2D eigenvalue weighted by Crippen LogP contribution is -2.14. The van der Waals surface area contributed by atoms with Crippen molar-refractivity contribution in [2.45, 2.75) is 19.3 Å². The monoisotopic (exact) mass is 318 g/mol. The van der Waals surface area contributed by atoms with E-state index in [0.717, 1.165) is 24.1 Å². The van der Waals surface area contributed by atoms with Gasteiger partial charge in [0.15, 0.2) is 5.13 Å². The zero-order chi connectivity index (χ0) is 14.7. The lowest BCUT2D eigenvalue weighted by molar-refractivity contribution is -0.116. The van der Waals surface area contributed by atoms with Crippen LogP contribution in [0.25, 0.3) is 11.3 Å². The highest BCUT2D eigenvalue weighted by atomic mass is 35.5. The maximum atomic E-state index is 12.0. The molecule has 5 heteroatoms. The number of halogens is 1. The fourth-order valence-electron chi connectivity index (χ4n) is 2.36. The third-order valence-corrected chi connectivity index (χ3v) is 4.46. The summed E-state index contributed by atoms with van der Waals surface area (Å²) in [4.78, 5) is 16.4. The molecule has 1 aromatic carbocycles. The molecule has 0 spiro atoms. The smallest absolute Gasteiger partial charge is 0.226 e. The van der Waals surface area contributed by atoms with Gasteiger partial charge in [0, 0.05) is 22.4 Å². The predicted molar refractivity (Wildman–Crippen MR) is 87.7 cm³/mol. The summed E-state index contributed by atoms with van der Waals surface area (Å²) in [6, 6.07) is 7.51. The van der Waals surface area contributed by atoms with Crippen LogP contribution in [-0.4, -0.2) is 10.9 Å². The number of hydrogen-bond donors (Lipinski definition) is 1. The van der Waals surface area contributed by atoms with Crippen molar-refractivity contribution in [3.63, 3.8) is 0 Å². The molecule has 1 N–H and O–H groups in total. The van der Waals surface area contributed by atoms with E-state index < -0.39 is 0 Å². The molecule has 2 aromatic rings. The second-order valence-corrected chi connectivity index (χ2v) is 6.36. The van der Waals surface area contributed by atoms with Crippen molar-refractivity contribution in [1.82, 2.24) is 4.98 Å². The zero-order valence-electron chi connectivity index (χ0n) is 11.4. The largest absolute Gasteiger partial charge is 0.302 e. The van der Waals surface area contributed by atoms with E-state index >= 15 is 0 Å². The summed E-state index contributed by atoms with van der Waals surface area (Å²) >= 11 is 7.31. The van der Waals surface area contributed by atoms with E-state index in [4.69, 9.17) is 11.6 Å². The summed E-state index contributed by atoms with van der Waals surface area (Å²) in [7, 11) is 0. The fourth-order valence-corrected chi connectivity index (χ4v) is 3.22. The molecule has 1 unspecified atom stereocenters. The van der Waals surface area contributed by atoms with Gasteiger partial charge in [0.1, 0.15) is 0 Å². The van der Waals surface area contributed by atoms with Gasteiger partial charge in [-0.25, -0.2) is 4.98 Å². The van der Waals surface area contributed by atoms with Gasteiger partial charge < -0.3 is 5.32 Å². The third kappa shape index (κ3) is 3.71. The lowest BCUT2D eigenvalue weighted by Gasteiger charge is -2.06.